The van der Waals surface area contributed by atoms with Crippen LogP contribution in [0.5, 0.6) is 0 Å². The molecule has 7 heteroatoms. The highest BCUT2D eigenvalue weighted by Gasteiger charge is 2.22. The number of nitrogens with one attached hydrogen (secondary N) is 2. The number of benzene rings is 1. The topological polar surface area (TPSA) is 72.4 Å². The SMILES string of the molecule is COC(=O)c1ccccc1NC(=O)NCc1c(-n2cccc2)sc2c1CCCC2. The molecule has 2 heterocycles. The van der Waals surface area contributed by atoms with Crippen molar-refractivity contribution in [2.45, 2.75) is 32.2 Å². The Labute approximate surface area is 173 Å². The highest BCUT2D eigenvalue weighted by molar-refractivity contribution is 7.14. The molecule has 4 rings (SSSR count). The zero-order chi connectivity index (χ0) is 20.2. The maximum absolute atomic E-state index is 12.6. The van der Waals surface area contributed by atoms with Gasteiger partial charge < -0.3 is 19.9 Å². The molecule has 2 N–H and O–H groups in total. The quantitative estimate of drug-likeness (QED) is 0.608. The molecule has 6 nitrogen and oxygen atoms in total. The first-order valence-corrected chi connectivity index (χ1v) is 10.5. The highest BCUT2D eigenvalue weighted by Crippen LogP contribution is 2.36. The van der Waals surface area contributed by atoms with Gasteiger partial charge in [-0.05, 0) is 55.5 Å². The first-order valence-electron chi connectivity index (χ1n) is 9.66. The summed E-state index contributed by atoms with van der Waals surface area (Å²) in [6, 6.07) is 10.5. The molecule has 0 atom stereocenters. The van der Waals surface area contributed by atoms with Gasteiger partial charge in [0.1, 0.15) is 5.00 Å². The van der Waals surface area contributed by atoms with Gasteiger partial charge in [-0.1, -0.05) is 12.1 Å². The maximum Gasteiger partial charge on any atom is 0.339 e. The first-order chi connectivity index (χ1) is 14.2. The van der Waals surface area contributed by atoms with Crippen LogP contribution in [0.1, 0.15) is 39.2 Å². The predicted molar refractivity (Wildman–Crippen MR) is 114 cm³/mol. The Morgan fingerprint density at radius 1 is 1.10 bits per heavy atom. The standard InChI is InChI=1S/C22H23N3O3S/c1-28-21(26)16-9-2-4-10-18(16)24-22(27)23-14-17-15-8-3-5-11-19(15)29-20(17)25-12-6-7-13-25/h2,4,6-7,9-10,12-13H,3,5,8,11,14H2,1H3,(H2,23,24,27). The van der Waals surface area contributed by atoms with Crippen LogP contribution in [0.4, 0.5) is 10.5 Å². The predicted octanol–water partition coefficient (Wildman–Crippen LogP) is 4.53. The van der Waals surface area contributed by atoms with Gasteiger partial charge in [0, 0.05) is 29.4 Å². The van der Waals surface area contributed by atoms with E-state index in [4.69, 9.17) is 4.74 Å². The lowest BCUT2D eigenvalue weighted by Gasteiger charge is -2.15. The van der Waals surface area contributed by atoms with Crippen LogP contribution in [0.25, 0.3) is 5.00 Å². The fraction of sp³-hybridized carbons (Fsp3) is 0.273. The normalized spacial score (nSPS) is 12.9. The number of aryl methyl sites for hydroxylation is 1. The Bertz CT molecular complexity index is 1020. The van der Waals surface area contributed by atoms with Crippen LogP contribution in [0, 0.1) is 0 Å². The van der Waals surface area contributed by atoms with E-state index in [1.807, 2.05) is 35.9 Å². The number of carbonyl (C=O) groups excluding carboxylic acids is 2. The summed E-state index contributed by atoms with van der Waals surface area (Å²) in [7, 11) is 1.32. The fourth-order valence-corrected chi connectivity index (χ4v) is 5.07. The second-order valence-electron chi connectivity index (χ2n) is 6.93. The van der Waals surface area contributed by atoms with E-state index >= 15 is 0 Å². The van der Waals surface area contributed by atoms with Crippen LogP contribution in [0.3, 0.4) is 0 Å². The van der Waals surface area contributed by atoms with Crippen molar-refractivity contribution in [3.63, 3.8) is 0 Å². The molecule has 0 unspecified atom stereocenters. The highest BCUT2D eigenvalue weighted by atomic mass is 32.1. The number of thiophene rings is 1. The lowest BCUT2D eigenvalue weighted by Crippen LogP contribution is -2.29. The number of hydrogen-bond donors (Lipinski definition) is 2. The monoisotopic (exact) mass is 409 g/mol. The first kappa shape index (κ1) is 19.3. The summed E-state index contributed by atoms with van der Waals surface area (Å²) < 4.78 is 6.90. The van der Waals surface area contributed by atoms with E-state index in [2.05, 4.69) is 15.2 Å². The number of esters is 1. The molecule has 3 aromatic rings. The Hall–Kier alpha value is -3.06. The number of hydrogen-bond acceptors (Lipinski definition) is 4. The van der Waals surface area contributed by atoms with Gasteiger partial charge in [0.05, 0.1) is 18.4 Å². The summed E-state index contributed by atoms with van der Waals surface area (Å²) in [6.45, 7) is 0.436. The van der Waals surface area contributed by atoms with E-state index in [0.717, 1.165) is 17.8 Å². The van der Waals surface area contributed by atoms with E-state index in [0.29, 0.717) is 17.8 Å². The van der Waals surface area contributed by atoms with Crippen molar-refractivity contribution in [1.82, 2.24) is 9.88 Å². The molecule has 1 aliphatic rings. The summed E-state index contributed by atoms with van der Waals surface area (Å²) in [5.74, 6) is -0.484. The third-order valence-corrected chi connectivity index (χ3v) is 6.45. The van der Waals surface area contributed by atoms with Crippen LogP contribution >= 0.6 is 11.3 Å². The average Bonchev–Trinajstić information content (AvgIpc) is 3.40. The summed E-state index contributed by atoms with van der Waals surface area (Å²) in [5, 5.41) is 6.89. The van der Waals surface area contributed by atoms with Gasteiger partial charge in [-0.15, -0.1) is 11.3 Å². The van der Waals surface area contributed by atoms with Crippen LogP contribution in [0.15, 0.2) is 48.8 Å². The van der Waals surface area contributed by atoms with Crippen LogP contribution in [-0.4, -0.2) is 23.7 Å². The minimum Gasteiger partial charge on any atom is -0.465 e. The Morgan fingerprint density at radius 3 is 2.66 bits per heavy atom. The number of fused-ring (bicyclic) bond motifs is 1. The van der Waals surface area contributed by atoms with E-state index < -0.39 is 5.97 Å². The average molecular weight is 410 g/mol. The zero-order valence-corrected chi connectivity index (χ0v) is 17.1. The van der Waals surface area contributed by atoms with Crippen LogP contribution in [0.2, 0.25) is 0 Å². The van der Waals surface area contributed by atoms with E-state index in [9.17, 15) is 9.59 Å². The molecular weight excluding hydrogens is 386 g/mol. The number of rotatable bonds is 5. The summed E-state index contributed by atoms with van der Waals surface area (Å²) in [5.41, 5.74) is 3.30. The van der Waals surface area contributed by atoms with E-state index in [1.54, 1.807) is 24.3 Å². The smallest absolute Gasteiger partial charge is 0.339 e. The molecule has 0 fully saturated rings. The lowest BCUT2D eigenvalue weighted by atomic mass is 9.95. The number of anilines is 1. The Morgan fingerprint density at radius 2 is 1.86 bits per heavy atom. The number of nitrogens with zero attached hydrogens (tertiary/aromatic N) is 1. The van der Waals surface area contributed by atoms with Crippen LogP contribution < -0.4 is 10.6 Å². The fourth-order valence-electron chi connectivity index (χ4n) is 3.69. The van der Waals surface area contributed by atoms with E-state index in [1.165, 1.54) is 36.0 Å². The third-order valence-electron chi connectivity index (χ3n) is 5.10. The number of urea groups is 1. The Kier molecular flexibility index (Phi) is 5.67. The number of carbonyl (C=O) groups is 2. The molecule has 2 amide bonds. The molecule has 1 aliphatic carbocycles. The number of ether oxygens (including phenoxy) is 1. The second-order valence-corrected chi connectivity index (χ2v) is 8.01. The van der Waals surface area contributed by atoms with Gasteiger partial charge in [-0.3, -0.25) is 0 Å². The minimum absolute atomic E-state index is 0.325. The number of aromatic nitrogens is 1. The largest absolute Gasteiger partial charge is 0.465 e. The van der Waals surface area contributed by atoms with Crippen LogP contribution in [-0.2, 0) is 24.1 Å². The second kappa shape index (κ2) is 8.53. The van der Waals surface area contributed by atoms with Gasteiger partial charge >= 0.3 is 12.0 Å². The molecule has 0 saturated heterocycles. The van der Waals surface area contributed by atoms with Gasteiger partial charge in [-0.25, -0.2) is 9.59 Å². The maximum atomic E-state index is 12.6. The van der Waals surface area contributed by atoms with Gasteiger partial charge in [0.2, 0.25) is 0 Å². The van der Waals surface area contributed by atoms with Crippen molar-refractivity contribution in [3.05, 3.63) is 70.4 Å². The number of amides is 2. The van der Waals surface area contributed by atoms with Crippen molar-refractivity contribution in [2.24, 2.45) is 0 Å². The summed E-state index contributed by atoms with van der Waals surface area (Å²) in [4.78, 5) is 25.9. The Balaban J connectivity index is 1.52. The molecule has 1 aromatic carbocycles. The van der Waals surface area contributed by atoms with Gasteiger partial charge in [0.25, 0.3) is 0 Å². The van der Waals surface area contributed by atoms with Crippen molar-refractivity contribution < 1.29 is 14.3 Å². The number of para-hydroxylation sites is 1. The molecule has 0 radical (unpaired) electrons. The molecule has 0 saturated carbocycles. The zero-order valence-electron chi connectivity index (χ0n) is 16.2. The summed E-state index contributed by atoms with van der Waals surface area (Å²) >= 11 is 1.81. The van der Waals surface area contributed by atoms with Gasteiger partial charge in [-0.2, -0.15) is 0 Å². The molecule has 0 aliphatic heterocycles. The lowest BCUT2D eigenvalue weighted by molar-refractivity contribution is 0.0602. The summed E-state index contributed by atoms with van der Waals surface area (Å²) in [6.07, 6.45) is 8.63. The van der Waals surface area contributed by atoms with Crippen molar-refractivity contribution >= 4 is 29.0 Å². The van der Waals surface area contributed by atoms with Gasteiger partial charge in [0.15, 0.2) is 0 Å². The van der Waals surface area contributed by atoms with Crippen molar-refractivity contribution in [2.75, 3.05) is 12.4 Å². The third kappa shape index (κ3) is 4.05. The van der Waals surface area contributed by atoms with E-state index in [-0.39, 0.29) is 6.03 Å². The number of methoxy groups -OCH3 is 1. The molecule has 0 spiro atoms. The molecule has 2 aromatic heterocycles. The van der Waals surface area contributed by atoms with Crippen molar-refractivity contribution in [3.8, 4) is 5.00 Å². The molecular formula is C22H23N3O3S. The minimum atomic E-state index is -0.484. The molecule has 29 heavy (non-hydrogen) atoms. The molecule has 150 valence electrons. The van der Waals surface area contributed by atoms with Crippen molar-refractivity contribution in [1.29, 1.82) is 0 Å². The molecule has 0 bridgehead atoms.